The second-order valence-corrected chi connectivity index (χ2v) is 4.71. The van der Waals surface area contributed by atoms with Crippen molar-refractivity contribution in [1.82, 2.24) is 0 Å². The molecule has 0 aliphatic heterocycles. The van der Waals surface area contributed by atoms with E-state index >= 15 is 0 Å². The minimum atomic E-state index is -0.284. The molecule has 4 nitrogen and oxygen atoms in total. The van der Waals surface area contributed by atoms with E-state index in [4.69, 9.17) is 20.5 Å². The van der Waals surface area contributed by atoms with E-state index in [1.165, 1.54) is 0 Å². The molecule has 108 valence electrons. The van der Waals surface area contributed by atoms with Gasteiger partial charge in [-0.05, 0) is 42.3 Å². The fourth-order valence-electron chi connectivity index (χ4n) is 2.04. The number of rotatable bonds is 5. The topological polar surface area (TPSA) is 68.3 Å². The third-order valence-corrected chi connectivity index (χ3v) is 3.27. The van der Waals surface area contributed by atoms with Crippen molar-refractivity contribution >= 4 is 0 Å². The highest BCUT2D eigenvalue weighted by molar-refractivity contribution is 5.42. The standard InChI is InChI=1S/C17H18N2O2/c1-12-6-7-13(10-18)8-16(12)21-17(11-19)14-4-3-5-15(9-14)20-2/h3-9,17H,11,19H2,1-2H3. The summed E-state index contributed by atoms with van der Waals surface area (Å²) < 4.78 is 11.2. The molecule has 1 unspecified atom stereocenters. The fraction of sp³-hybridized carbons (Fsp3) is 0.235. The van der Waals surface area contributed by atoms with Crippen LogP contribution in [0.15, 0.2) is 42.5 Å². The number of methoxy groups -OCH3 is 1. The number of benzene rings is 2. The summed E-state index contributed by atoms with van der Waals surface area (Å²) in [5.74, 6) is 1.43. The fourth-order valence-corrected chi connectivity index (χ4v) is 2.04. The number of nitriles is 1. The van der Waals surface area contributed by atoms with Crippen molar-refractivity contribution in [2.75, 3.05) is 13.7 Å². The Hall–Kier alpha value is -2.51. The Morgan fingerprint density at radius 3 is 2.71 bits per heavy atom. The smallest absolute Gasteiger partial charge is 0.136 e. The Morgan fingerprint density at radius 2 is 2.05 bits per heavy atom. The van der Waals surface area contributed by atoms with Crippen LogP contribution in [0.2, 0.25) is 0 Å². The van der Waals surface area contributed by atoms with Gasteiger partial charge in [0.2, 0.25) is 0 Å². The van der Waals surface area contributed by atoms with Gasteiger partial charge in [-0.15, -0.1) is 0 Å². The molecular formula is C17H18N2O2. The Morgan fingerprint density at radius 1 is 1.24 bits per heavy atom. The molecule has 2 rings (SSSR count). The summed E-state index contributed by atoms with van der Waals surface area (Å²) in [6.45, 7) is 2.28. The molecule has 0 heterocycles. The van der Waals surface area contributed by atoms with Crippen molar-refractivity contribution in [3.05, 3.63) is 59.2 Å². The minimum Gasteiger partial charge on any atom is -0.497 e. The Balaban J connectivity index is 2.28. The molecule has 0 fully saturated rings. The van der Waals surface area contributed by atoms with E-state index in [2.05, 4.69) is 6.07 Å². The van der Waals surface area contributed by atoms with Crippen LogP contribution in [0, 0.1) is 18.3 Å². The van der Waals surface area contributed by atoms with Crippen molar-refractivity contribution in [3.8, 4) is 17.6 Å². The number of nitrogens with zero attached hydrogens (tertiary/aromatic N) is 1. The summed E-state index contributed by atoms with van der Waals surface area (Å²) in [5.41, 5.74) is 8.31. The van der Waals surface area contributed by atoms with Crippen molar-refractivity contribution in [2.45, 2.75) is 13.0 Å². The number of nitrogens with two attached hydrogens (primary N) is 1. The first-order chi connectivity index (χ1) is 10.2. The number of hydrogen-bond donors (Lipinski definition) is 1. The molecule has 0 aromatic heterocycles. The van der Waals surface area contributed by atoms with E-state index in [1.54, 1.807) is 19.2 Å². The van der Waals surface area contributed by atoms with Crippen LogP contribution in [0.4, 0.5) is 0 Å². The predicted octanol–water partition coefficient (Wildman–Crippen LogP) is 2.95. The zero-order valence-electron chi connectivity index (χ0n) is 12.2. The average Bonchev–Trinajstić information content (AvgIpc) is 2.54. The van der Waals surface area contributed by atoms with Crippen LogP contribution in [-0.4, -0.2) is 13.7 Å². The van der Waals surface area contributed by atoms with Gasteiger partial charge in [-0.1, -0.05) is 18.2 Å². The van der Waals surface area contributed by atoms with Crippen LogP contribution in [0.5, 0.6) is 11.5 Å². The van der Waals surface area contributed by atoms with Gasteiger partial charge in [0.25, 0.3) is 0 Å². The molecule has 0 radical (unpaired) electrons. The summed E-state index contributed by atoms with van der Waals surface area (Å²) in [7, 11) is 1.62. The molecule has 0 saturated heterocycles. The van der Waals surface area contributed by atoms with Crippen molar-refractivity contribution in [2.24, 2.45) is 5.73 Å². The molecule has 0 aliphatic rings. The molecule has 2 N–H and O–H groups in total. The van der Waals surface area contributed by atoms with E-state index in [1.807, 2.05) is 37.3 Å². The van der Waals surface area contributed by atoms with Gasteiger partial charge in [0, 0.05) is 6.54 Å². The summed E-state index contributed by atoms with van der Waals surface area (Å²) in [6.07, 6.45) is -0.284. The second-order valence-electron chi connectivity index (χ2n) is 4.71. The lowest BCUT2D eigenvalue weighted by Crippen LogP contribution is -2.19. The van der Waals surface area contributed by atoms with Gasteiger partial charge in [0.15, 0.2) is 0 Å². The van der Waals surface area contributed by atoms with E-state index < -0.39 is 0 Å². The van der Waals surface area contributed by atoms with Gasteiger partial charge in [-0.25, -0.2) is 0 Å². The molecule has 2 aromatic carbocycles. The second kappa shape index (κ2) is 6.78. The van der Waals surface area contributed by atoms with E-state index in [-0.39, 0.29) is 6.10 Å². The molecule has 4 heteroatoms. The first-order valence-corrected chi connectivity index (χ1v) is 6.69. The monoisotopic (exact) mass is 282 g/mol. The highest BCUT2D eigenvalue weighted by atomic mass is 16.5. The largest absolute Gasteiger partial charge is 0.497 e. The first kappa shape index (κ1) is 14.9. The van der Waals surface area contributed by atoms with Gasteiger partial charge in [0.1, 0.15) is 17.6 Å². The molecule has 0 aliphatic carbocycles. The molecule has 0 amide bonds. The van der Waals surface area contributed by atoms with Crippen molar-refractivity contribution in [3.63, 3.8) is 0 Å². The summed E-state index contributed by atoms with van der Waals surface area (Å²) in [5, 5.41) is 8.98. The number of ether oxygens (including phenoxy) is 2. The number of aryl methyl sites for hydroxylation is 1. The minimum absolute atomic E-state index is 0.284. The van der Waals surface area contributed by atoms with E-state index in [0.29, 0.717) is 17.9 Å². The third-order valence-electron chi connectivity index (χ3n) is 3.27. The molecule has 2 aromatic rings. The lowest BCUT2D eigenvalue weighted by atomic mass is 10.1. The lowest BCUT2D eigenvalue weighted by Gasteiger charge is -2.20. The van der Waals surface area contributed by atoms with Crippen LogP contribution in [0.3, 0.4) is 0 Å². The van der Waals surface area contributed by atoms with Gasteiger partial charge >= 0.3 is 0 Å². The Kier molecular flexibility index (Phi) is 4.81. The third kappa shape index (κ3) is 3.53. The molecule has 21 heavy (non-hydrogen) atoms. The van der Waals surface area contributed by atoms with Crippen molar-refractivity contribution in [1.29, 1.82) is 5.26 Å². The highest BCUT2D eigenvalue weighted by Crippen LogP contribution is 2.27. The molecule has 0 spiro atoms. The van der Waals surface area contributed by atoms with Crippen LogP contribution >= 0.6 is 0 Å². The summed E-state index contributed by atoms with van der Waals surface area (Å²) in [4.78, 5) is 0. The van der Waals surface area contributed by atoms with Crippen molar-refractivity contribution < 1.29 is 9.47 Å². The normalized spacial score (nSPS) is 11.5. The number of hydrogen-bond acceptors (Lipinski definition) is 4. The van der Waals surface area contributed by atoms with Crippen LogP contribution < -0.4 is 15.2 Å². The first-order valence-electron chi connectivity index (χ1n) is 6.69. The quantitative estimate of drug-likeness (QED) is 0.915. The molecule has 0 saturated carbocycles. The van der Waals surface area contributed by atoms with E-state index in [9.17, 15) is 0 Å². The van der Waals surface area contributed by atoms with Crippen LogP contribution in [-0.2, 0) is 0 Å². The van der Waals surface area contributed by atoms with Crippen LogP contribution in [0.25, 0.3) is 0 Å². The average molecular weight is 282 g/mol. The van der Waals surface area contributed by atoms with Gasteiger partial charge < -0.3 is 15.2 Å². The van der Waals surface area contributed by atoms with Crippen LogP contribution in [0.1, 0.15) is 22.8 Å². The van der Waals surface area contributed by atoms with Gasteiger partial charge in [0.05, 0.1) is 18.7 Å². The van der Waals surface area contributed by atoms with E-state index in [0.717, 1.165) is 16.9 Å². The zero-order chi connectivity index (χ0) is 15.2. The maximum atomic E-state index is 8.98. The maximum absolute atomic E-state index is 8.98. The predicted molar refractivity (Wildman–Crippen MR) is 81.3 cm³/mol. The Bertz CT molecular complexity index is 662. The zero-order valence-corrected chi connectivity index (χ0v) is 12.2. The van der Waals surface area contributed by atoms with Gasteiger partial charge in [-0.2, -0.15) is 5.26 Å². The summed E-state index contributed by atoms with van der Waals surface area (Å²) >= 11 is 0. The summed E-state index contributed by atoms with van der Waals surface area (Å²) in [6, 6.07) is 15.1. The van der Waals surface area contributed by atoms with Gasteiger partial charge in [-0.3, -0.25) is 0 Å². The molecular weight excluding hydrogens is 264 g/mol. The Labute approximate surface area is 124 Å². The molecule has 1 atom stereocenters. The molecule has 0 bridgehead atoms. The lowest BCUT2D eigenvalue weighted by molar-refractivity contribution is 0.212. The SMILES string of the molecule is COc1cccc(C(CN)Oc2cc(C#N)ccc2C)c1. The highest BCUT2D eigenvalue weighted by Gasteiger charge is 2.14. The maximum Gasteiger partial charge on any atom is 0.136 e.